The minimum atomic E-state index is 0.207. The van der Waals surface area contributed by atoms with E-state index >= 15 is 0 Å². The van der Waals surface area contributed by atoms with Crippen molar-refractivity contribution in [3.63, 3.8) is 0 Å². The zero-order valence-electron chi connectivity index (χ0n) is 9.26. The number of likely N-dealkylation sites (N-methyl/N-ethyl adjacent to an activating group) is 1. The van der Waals surface area contributed by atoms with Gasteiger partial charge in [0, 0.05) is 12.6 Å². The second-order valence-electron chi connectivity index (χ2n) is 3.37. The van der Waals surface area contributed by atoms with E-state index in [4.69, 9.17) is 0 Å². The van der Waals surface area contributed by atoms with E-state index in [0.717, 1.165) is 19.4 Å². The minimum Gasteiger partial charge on any atom is -0.339 e. The first-order chi connectivity index (χ1) is 6.17. The molecule has 0 aromatic heterocycles. The number of amides is 1. The highest BCUT2D eigenvalue weighted by Crippen LogP contribution is 2.04. The minimum absolute atomic E-state index is 0.207. The molecule has 78 valence electrons. The van der Waals surface area contributed by atoms with E-state index in [-0.39, 0.29) is 5.91 Å². The number of hydrogen-bond donors (Lipinski definition) is 1. The van der Waals surface area contributed by atoms with Gasteiger partial charge in [0.15, 0.2) is 0 Å². The lowest BCUT2D eigenvalue weighted by Crippen LogP contribution is -2.43. The third kappa shape index (κ3) is 4.27. The highest BCUT2D eigenvalue weighted by Gasteiger charge is 2.16. The third-order valence-electron chi connectivity index (χ3n) is 2.24. The molecule has 0 heterocycles. The predicted octanol–water partition coefficient (Wildman–Crippen LogP) is 1.24. The molecule has 0 fully saturated rings. The van der Waals surface area contributed by atoms with Gasteiger partial charge in [0.2, 0.25) is 5.91 Å². The Kier molecular flexibility index (Phi) is 6.59. The van der Waals surface area contributed by atoms with Crippen molar-refractivity contribution in [2.24, 2.45) is 0 Å². The van der Waals surface area contributed by atoms with Gasteiger partial charge in [0.05, 0.1) is 6.54 Å². The molecule has 0 saturated carbocycles. The summed E-state index contributed by atoms with van der Waals surface area (Å²) in [5, 5.41) is 2.89. The van der Waals surface area contributed by atoms with E-state index < -0.39 is 0 Å². The van der Waals surface area contributed by atoms with Gasteiger partial charge in [-0.25, -0.2) is 0 Å². The Morgan fingerprint density at radius 3 is 2.46 bits per heavy atom. The monoisotopic (exact) mass is 186 g/mol. The standard InChI is InChI=1S/C10H22N2O/c1-5-7-12(9(3)6-2)10(13)8-11-4/h9,11H,5-8H2,1-4H3. The maximum absolute atomic E-state index is 11.6. The fourth-order valence-electron chi connectivity index (χ4n) is 1.30. The quantitative estimate of drug-likeness (QED) is 0.677. The van der Waals surface area contributed by atoms with Crippen molar-refractivity contribution in [2.45, 2.75) is 39.7 Å². The predicted molar refractivity (Wildman–Crippen MR) is 55.7 cm³/mol. The molecule has 0 radical (unpaired) electrons. The molecule has 0 saturated heterocycles. The Balaban J connectivity index is 4.13. The molecule has 3 heteroatoms. The summed E-state index contributed by atoms with van der Waals surface area (Å²) in [6.45, 7) is 7.63. The van der Waals surface area contributed by atoms with Crippen LogP contribution in [0.2, 0.25) is 0 Å². The molecule has 0 aromatic rings. The summed E-state index contributed by atoms with van der Waals surface area (Å²) in [6.07, 6.45) is 2.05. The van der Waals surface area contributed by atoms with Gasteiger partial charge in [-0.15, -0.1) is 0 Å². The maximum atomic E-state index is 11.6. The molecule has 0 aromatic carbocycles. The highest BCUT2D eigenvalue weighted by molar-refractivity contribution is 5.78. The molecule has 13 heavy (non-hydrogen) atoms. The number of rotatable bonds is 6. The first kappa shape index (κ1) is 12.4. The van der Waals surface area contributed by atoms with Crippen LogP contribution in [0.15, 0.2) is 0 Å². The third-order valence-corrected chi connectivity index (χ3v) is 2.24. The van der Waals surface area contributed by atoms with Crippen LogP contribution in [0.4, 0.5) is 0 Å². The van der Waals surface area contributed by atoms with Crippen LogP contribution in [0.3, 0.4) is 0 Å². The first-order valence-corrected chi connectivity index (χ1v) is 5.11. The van der Waals surface area contributed by atoms with Crippen LogP contribution < -0.4 is 5.32 Å². The fourth-order valence-corrected chi connectivity index (χ4v) is 1.30. The lowest BCUT2D eigenvalue weighted by molar-refractivity contribution is -0.132. The summed E-state index contributed by atoms with van der Waals surface area (Å²) in [4.78, 5) is 13.6. The van der Waals surface area contributed by atoms with Crippen LogP contribution in [0, 0.1) is 0 Å². The smallest absolute Gasteiger partial charge is 0.236 e. The maximum Gasteiger partial charge on any atom is 0.236 e. The summed E-state index contributed by atoms with van der Waals surface area (Å²) >= 11 is 0. The van der Waals surface area contributed by atoms with Crippen LogP contribution in [0.25, 0.3) is 0 Å². The normalized spacial score (nSPS) is 12.6. The van der Waals surface area contributed by atoms with Crippen molar-refractivity contribution in [3.05, 3.63) is 0 Å². The van der Waals surface area contributed by atoms with Crippen LogP contribution in [0.5, 0.6) is 0 Å². The molecule has 3 nitrogen and oxygen atoms in total. The molecular formula is C10H22N2O. The lowest BCUT2D eigenvalue weighted by Gasteiger charge is -2.28. The zero-order chi connectivity index (χ0) is 10.3. The molecule has 0 rings (SSSR count). The fraction of sp³-hybridized carbons (Fsp3) is 0.900. The number of carbonyl (C=O) groups excluding carboxylic acids is 1. The zero-order valence-corrected chi connectivity index (χ0v) is 9.26. The first-order valence-electron chi connectivity index (χ1n) is 5.11. The summed E-state index contributed by atoms with van der Waals surface area (Å²) in [5.41, 5.74) is 0. The molecular weight excluding hydrogens is 164 g/mol. The second kappa shape index (κ2) is 6.89. The van der Waals surface area contributed by atoms with Crippen LogP contribution >= 0.6 is 0 Å². The van der Waals surface area contributed by atoms with Crippen molar-refractivity contribution >= 4 is 5.91 Å². The van der Waals surface area contributed by atoms with E-state index in [9.17, 15) is 4.79 Å². The summed E-state index contributed by atoms with van der Waals surface area (Å²) in [5.74, 6) is 0.207. The number of nitrogens with zero attached hydrogens (tertiary/aromatic N) is 1. The van der Waals surface area contributed by atoms with Gasteiger partial charge in [-0.1, -0.05) is 13.8 Å². The molecule has 0 bridgehead atoms. The summed E-state index contributed by atoms with van der Waals surface area (Å²) < 4.78 is 0. The van der Waals surface area contributed by atoms with Gasteiger partial charge < -0.3 is 10.2 Å². The Bertz CT molecular complexity index is 148. The Morgan fingerprint density at radius 1 is 1.46 bits per heavy atom. The van der Waals surface area contributed by atoms with E-state index in [1.165, 1.54) is 0 Å². The Labute approximate surface area is 81.5 Å². The lowest BCUT2D eigenvalue weighted by atomic mass is 10.2. The Hall–Kier alpha value is -0.570. The van der Waals surface area contributed by atoms with Crippen LogP contribution in [-0.2, 0) is 4.79 Å². The van der Waals surface area contributed by atoms with E-state index in [1.54, 1.807) is 7.05 Å². The van der Waals surface area contributed by atoms with Gasteiger partial charge in [-0.05, 0) is 26.8 Å². The molecule has 0 aliphatic heterocycles. The molecule has 0 spiro atoms. The molecule has 1 atom stereocenters. The van der Waals surface area contributed by atoms with Crippen LogP contribution in [0.1, 0.15) is 33.6 Å². The van der Waals surface area contributed by atoms with Gasteiger partial charge in [-0.2, -0.15) is 0 Å². The van der Waals surface area contributed by atoms with Crippen molar-refractivity contribution in [2.75, 3.05) is 20.1 Å². The average Bonchev–Trinajstić information content (AvgIpc) is 2.13. The van der Waals surface area contributed by atoms with E-state index in [1.807, 2.05) is 4.90 Å². The van der Waals surface area contributed by atoms with Gasteiger partial charge in [0.1, 0.15) is 0 Å². The van der Waals surface area contributed by atoms with Gasteiger partial charge in [-0.3, -0.25) is 4.79 Å². The van der Waals surface area contributed by atoms with Crippen LogP contribution in [-0.4, -0.2) is 37.0 Å². The number of nitrogens with one attached hydrogen (secondary N) is 1. The molecule has 0 aliphatic carbocycles. The van der Waals surface area contributed by atoms with Crippen molar-refractivity contribution in [3.8, 4) is 0 Å². The highest BCUT2D eigenvalue weighted by atomic mass is 16.2. The largest absolute Gasteiger partial charge is 0.339 e. The summed E-state index contributed by atoms with van der Waals surface area (Å²) in [6, 6.07) is 0.362. The number of hydrogen-bond acceptors (Lipinski definition) is 2. The topological polar surface area (TPSA) is 32.3 Å². The molecule has 0 aliphatic rings. The SMILES string of the molecule is CCCN(C(=O)CNC)C(C)CC. The average molecular weight is 186 g/mol. The van der Waals surface area contributed by atoms with Crippen molar-refractivity contribution < 1.29 is 4.79 Å². The molecule has 1 unspecified atom stereocenters. The Morgan fingerprint density at radius 2 is 2.08 bits per heavy atom. The number of carbonyl (C=O) groups is 1. The van der Waals surface area contributed by atoms with Crippen molar-refractivity contribution in [1.29, 1.82) is 0 Å². The molecule has 1 amide bonds. The van der Waals surface area contributed by atoms with Gasteiger partial charge >= 0.3 is 0 Å². The molecule has 1 N–H and O–H groups in total. The summed E-state index contributed by atoms with van der Waals surface area (Å²) in [7, 11) is 1.80. The second-order valence-corrected chi connectivity index (χ2v) is 3.37. The van der Waals surface area contributed by atoms with Gasteiger partial charge in [0.25, 0.3) is 0 Å². The van der Waals surface area contributed by atoms with E-state index in [0.29, 0.717) is 12.6 Å². The van der Waals surface area contributed by atoms with E-state index in [2.05, 4.69) is 26.1 Å². The van der Waals surface area contributed by atoms with Crippen molar-refractivity contribution in [1.82, 2.24) is 10.2 Å².